The van der Waals surface area contributed by atoms with Crippen LogP contribution < -0.4 is 14.8 Å². The summed E-state index contributed by atoms with van der Waals surface area (Å²) >= 11 is 7.38. The summed E-state index contributed by atoms with van der Waals surface area (Å²) in [6, 6.07) is 22.9. The lowest BCUT2D eigenvalue weighted by atomic mass is 10.1. The first-order valence-electron chi connectivity index (χ1n) is 10.6. The number of nitrogens with one attached hydrogen (secondary N) is 1. The molecule has 1 amide bonds. The molecule has 1 heterocycles. The van der Waals surface area contributed by atoms with Crippen molar-refractivity contribution in [3.05, 3.63) is 99.9 Å². The van der Waals surface area contributed by atoms with Crippen molar-refractivity contribution in [1.82, 2.24) is 4.98 Å². The van der Waals surface area contributed by atoms with Crippen molar-refractivity contribution >= 4 is 40.1 Å². The van der Waals surface area contributed by atoms with Crippen LogP contribution >= 0.6 is 22.9 Å². The van der Waals surface area contributed by atoms with Gasteiger partial charge in [0.1, 0.15) is 6.61 Å². The summed E-state index contributed by atoms with van der Waals surface area (Å²) in [6.07, 6.45) is 3.20. The smallest absolute Gasteiger partial charge is 0.250 e. The fourth-order valence-electron chi connectivity index (χ4n) is 3.28. The van der Waals surface area contributed by atoms with E-state index >= 15 is 0 Å². The summed E-state index contributed by atoms with van der Waals surface area (Å²) in [5.74, 6) is 0.945. The minimum absolute atomic E-state index is 0.254. The lowest BCUT2D eigenvalue weighted by molar-refractivity contribution is -0.111. The van der Waals surface area contributed by atoms with Crippen LogP contribution in [0.1, 0.15) is 16.0 Å². The molecule has 0 aliphatic heterocycles. The lowest BCUT2D eigenvalue weighted by Crippen LogP contribution is -2.07. The maximum absolute atomic E-state index is 12.5. The van der Waals surface area contributed by atoms with E-state index in [-0.39, 0.29) is 5.91 Å². The third kappa shape index (κ3) is 6.04. The van der Waals surface area contributed by atoms with E-state index in [1.807, 2.05) is 79.7 Å². The molecule has 1 N–H and O–H groups in total. The van der Waals surface area contributed by atoms with Crippen molar-refractivity contribution in [2.45, 2.75) is 13.5 Å². The van der Waals surface area contributed by atoms with E-state index in [0.717, 1.165) is 27.3 Å². The predicted molar refractivity (Wildman–Crippen MR) is 139 cm³/mol. The third-order valence-electron chi connectivity index (χ3n) is 5.00. The SMILES string of the molecule is COc1cc(/C=C/C(=O)Nc2nc(-c3ccccc3)c(C)s2)ccc1OCc1ccc(Cl)cc1. The van der Waals surface area contributed by atoms with Crippen LogP contribution in [0.2, 0.25) is 5.02 Å². The van der Waals surface area contributed by atoms with Gasteiger partial charge < -0.3 is 9.47 Å². The second-order valence-electron chi connectivity index (χ2n) is 7.44. The molecule has 0 fully saturated rings. The number of aromatic nitrogens is 1. The number of nitrogens with zero attached hydrogens (tertiary/aromatic N) is 1. The fraction of sp³-hybridized carbons (Fsp3) is 0.111. The Morgan fingerprint density at radius 3 is 2.56 bits per heavy atom. The molecule has 0 unspecified atom stereocenters. The molecule has 0 aliphatic rings. The van der Waals surface area contributed by atoms with Crippen molar-refractivity contribution in [2.24, 2.45) is 0 Å². The highest BCUT2D eigenvalue weighted by atomic mass is 35.5. The second-order valence-corrected chi connectivity index (χ2v) is 9.08. The lowest BCUT2D eigenvalue weighted by Gasteiger charge is -2.11. The molecule has 4 rings (SSSR count). The molecule has 0 radical (unpaired) electrons. The van der Waals surface area contributed by atoms with Crippen molar-refractivity contribution in [2.75, 3.05) is 12.4 Å². The van der Waals surface area contributed by atoms with E-state index in [4.69, 9.17) is 21.1 Å². The van der Waals surface area contributed by atoms with Crippen LogP contribution in [0.25, 0.3) is 17.3 Å². The summed E-state index contributed by atoms with van der Waals surface area (Å²) < 4.78 is 11.4. The first kappa shape index (κ1) is 23.5. The van der Waals surface area contributed by atoms with Crippen LogP contribution in [0.3, 0.4) is 0 Å². The molecule has 4 aromatic rings. The van der Waals surface area contributed by atoms with Gasteiger partial charge in [-0.05, 0) is 48.4 Å². The molecule has 0 atom stereocenters. The van der Waals surface area contributed by atoms with Gasteiger partial charge in [0.05, 0.1) is 12.8 Å². The molecule has 7 heteroatoms. The Morgan fingerprint density at radius 2 is 1.82 bits per heavy atom. The van der Waals surface area contributed by atoms with Gasteiger partial charge >= 0.3 is 0 Å². The average Bonchev–Trinajstić information content (AvgIpc) is 3.22. The third-order valence-corrected chi connectivity index (χ3v) is 6.13. The zero-order valence-electron chi connectivity index (χ0n) is 18.7. The monoisotopic (exact) mass is 490 g/mol. The summed E-state index contributed by atoms with van der Waals surface area (Å²) in [5, 5.41) is 4.09. The number of hydrogen-bond acceptors (Lipinski definition) is 5. The number of thiazole rings is 1. The number of ether oxygens (including phenoxy) is 2. The number of carbonyl (C=O) groups is 1. The Morgan fingerprint density at radius 1 is 1.06 bits per heavy atom. The predicted octanol–water partition coefficient (Wildman–Crippen LogP) is 7.01. The number of benzene rings is 3. The highest BCUT2D eigenvalue weighted by molar-refractivity contribution is 7.16. The van der Waals surface area contributed by atoms with Crippen LogP contribution in [-0.4, -0.2) is 18.0 Å². The first-order valence-corrected chi connectivity index (χ1v) is 11.8. The van der Waals surface area contributed by atoms with Crippen molar-refractivity contribution in [3.8, 4) is 22.8 Å². The van der Waals surface area contributed by atoms with Gasteiger partial charge in [-0.25, -0.2) is 4.98 Å². The standard InChI is InChI=1S/C27H23ClN2O3S/c1-18-26(21-6-4-3-5-7-21)30-27(34-18)29-25(31)15-11-19-10-14-23(24(16-19)32-2)33-17-20-8-12-22(28)13-9-20/h3-16H,17H2,1-2H3,(H,29,30,31)/b15-11+. The molecular weight excluding hydrogens is 468 g/mol. The zero-order chi connectivity index (χ0) is 23.9. The molecule has 34 heavy (non-hydrogen) atoms. The van der Waals surface area contributed by atoms with Crippen LogP contribution in [0.5, 0.6) is 11.5 Å². The number of anilines is 1. The number of methoxy groups -OCH3 is 1. The van der Waals surface area contributed by atoms with Gasteiger partial charge in [0.2, 0.25) is 5.91 Å². The molecule has 172 valence electrons. The number of rotatable bonds is 8. The zero-order valence-corrected chi connectivity index (χ0v) is 20.3. The average molecular weight is 491 g/mol. The molecule has 0 aliphatic carbocycles. The van der Waals surface area contributed by atoms with E-state index in [0.29, 0.717) is 28.3 Å². The highest BCUT2D eigenvalue weighted by Crippen LogP contribution is 2.31. The number of carbonyl (C=O) groups excluding carboxylic acids is 1. The van der Waals surface area contributed by atoms with Gasteiger partial charge in [0.15, 0.2) is 16.6 Å². The molecule has 0 saturated heterocycles. The Balaban J connectivity index is 1.39. The Labute approximate surface area is 207 Å². The normalized spacial score (nSPS) is 10.9. The molecule has 0 bridgehead atoms. The summed E-state index contributed by atoms with van der Waals surface area (Å²) in [6.45, 7) is 2.39. The molecule has 3 aromatic carbocycles. The van der Waals surface area contributed by atoms with Gasteiger partial charge in [0.25, 0.3) is 0 Å². The Hall–Kier alpha value is -3.61. The van der Waals surface area contributed by atoms with Crippen LogP contribution in [0.15, 0.2) is 78.9 Å². The molecule has 5 nitrogen and oxygen atoms in total. The van der Waals surface area contributed by atoms with Gasteiger partial charge in [-0.15, -0.1) is 11.3 Å². The largest absolute Gasteiger partial charge is 0.493 e. The van der Waals surface area contributed by atoms with E-state index in [9.17, 15) is 4.79 Å². The van der Waals surface area contributed by atoms with E-state index in [2.05, 4.69) is 10.3 Å². The van der Waals surface area contributed by atoms with Gasteiger partial charge in [0, 0.05) is 21.5 Å². The number of aryl methyl sites for hydroxylation is 1. The summed E-state index contributed by atoms with van der Waals surface area (Å²) in [4.78, 5) is 18.1. The van der Waals surface area contributed by atoms with E-state index < -0.39 is 0 Å². The molecule has 1 aromatic heterocycles. The van der Waals surface area contributed by atoms with Gasteiger partial charge in [-0.3, -0.25) is 10.1 Å². The van der Waals surface area contributed by atoms with Gasteiger partial charge in [-0.2, -0.15) is 0 Å². The summed E-state index contributed by atoms with van der Waals surface area (Å²) in [5.41, 5.74) is 3.72. The Kier molecular flexibility index (Phi) is 7.62. The highest BCUT2D eigenvalue weighted by Gasteiger charge is 2.11. The maximum Gasteiger partial charge on any atom is 0.250 e. The van der Waals surface area contributed by atoms with Crippen molar-refractivity contribution in [3.63, 3.8) is 0 Å². The second kappa shape index (κ2) is 11.0. The molecule has 0 spiro atoms. The minimum atomic E-state index is -0.254. The minimum Gasteiger partial charge on any atom is -0.493 e. The van der Waals surface area contributed by atoms with E-state index in [1.54, 1.807) is 13.2 Å². The van der Waals surface area contributed by atoms with Crippen LogP contribution in [0.4, 0.5) is 5.13 Å². The topological polar surface area (TPSA) is 60.5 Å². The Bertz CT molecular complexity index is 1300. The molecule has 0 saturated carbocycles. The number of amides is 1. The summed E-state index contributed by atoms with van der Waals surface area (Å²) in [7, 11) is 1.58. The van der Waals surface area contributed by atoms with Crippen LogP contribution in [-0.2, 0) is 11.4 Å². The fourth-order valence-corrected chi connectivity index (χ4v) is 4.25. The molecular formula is C27H23ClN2O3S. The quantitative estimate of drug-likeness (QED) is 0.270. The van der Waals surface area contributed by atoms with E-state index in [1.165, 1.54) is 17.4 Å². The van der Waals surface area contributed by atoms with Gasteiger partial charge in [-0.1, -0.05) is 60.1 Å². The first-order chi connectivity index (χ1) is 16.5. The van der Waals surface area contributed by atoms with Crippen molar-refractivity contribution in [1.29, 1.82) is 0 Å². The number of halogens is 1. The number of hydrogen-bond donors (Lipinski definition) is 1. The van der Waals surface area contributed by atoms with Crippen molar-refractivity contribution < 1.29 is 14.3 Å². The van der Waals surface area contributed by atoms with Crippen LogP contribution in [0, 0.1) is 6.92 Å². The maximum atomic E-state index is 12.5.